The minimum atomic E-state index is -3.32. The van der Waals surface area contributed by atoms with E-state index in [2.05, 4.69) is 6.92 Å². The van der Waals surface area contributed by atoms with Crippen LogP contribution in [0.1, 0.15) is 29.5 Å². The Morgan fingerprint density at radius 1 is 1.44 bits per heavy atom. The van der Waals surface area contributed by atoms with E-state index in [0.29, 0.717) is 30.4 Å². The Kier molecular flexibility index (Phi) is 4.11. The van der Waals surface area contributed by atoms with Crippen molar-refractivity contribution in [3.8, 4) is 0 Å². The molecule has 2 rings (SSSR count). The van der Waals surface area contributed by atoms with Crippen molar-refractivity contribution >= 4 is 21.4 Å². The number of rotatable bonds is 3. The van der Waals surface area contributed by atoms with Crippen molar-refractivity contribution in [2.24, 2.45) is 11.7 Å². The number of sulfonamides is 1. The van der Waals surface area contributed by atoms with Crippen LogP contribution in [0.3, 0.4) is 0 Å². The van der Waals surface area contributed by atoms with Crippen LogP contribution in [0.4, 0.5) is 0 Å². The van der Waals surface area contributed by atoms with Crippen LogP contribution in [0.5, 0.6) is 0 Å². The van der Waals surface area contributed by atoms with Crippen molar-refractivity contribution < 1.29 is 8.42 Å². The van der Waals surface area contributed by atoms with Gasteiger partial charge < -0.3 is 5.73 Å². The van der Waals surface area contributed by atoms with Gasteiger partial charge in [0.1, 0.15) is 0 Å². The number of nitrogens with two attached hydrogens (primary N) is 1. The molecule has 1 aromatic rings. The van der Waals surface area contributed by atoms with Crippen molar-refractivity contribution in [2.45, 2.75) is 38.1 Å². The number of aryl methyl sites for hydroxylation is 1. The summed E-state index contributed by atoms with van der Waals surface area (Å²) in [5, 5.41) is 0. The molecule has 6 heteroatoms. The molecule has 18 heavy (non-hydrogen) atoms. The largest absolute Gasteiger partial charge is 0.326 e. The van der Waals surface area contributed by atoms with Crippen molar-refractivity contribution in [3.05, 3.63) is 15.8 Å². The van der Waals surface area contributed by atoms with Crippen molar-refractivity contribution in [1.82, 2.24) is 4.31 Å². The number of hydrogen-bond donors (Lipinski definition) is 1. The molecule has 0 aliphatic carbocycles. The third-order valence-corrected chi connectivity index (χ3v) is 6.71. The Morgan fingerprint density at radius 2 is 2.06 bits per heavy atom. The molecule has 0 aromatic carbocycles. The summed E-state index contributed by atoms with van der Waals surface area (Å²) in [6.07, 6.45) is 1.90. The maximum absolute atomic E-state index is 12.5. The Labute approximate surface area is 113 Å². The van der Waals surface area contributed by atoms with Crippen LogP contribution in [0, 0.1) is 12.8 Å². The molecule has 0 unspecified atom stereocenters. The van der Waals surface area contributed by atoms with E-state index in [1.807, 2.05) is 6.92 Å². The SMILES string of the molecule is Cc1sc(CN)cc1S(=O)(=O)N1CCC(C)CC1. The lowest BCUT2D eigenvalue weighted by Crippen LogP contribution is -2.37. The monoisotopic (exact) mass is 288 g/mol. The first kappa shape index (κ1) is 14.0. The second kappa shape index (κ2) is 5.28. The highest BCUT2D eigenvalue weighted by atomic mass is 32.2. The van der Waals surface area contributed by atoms with Crippen LogP contribution in [-0.2, 0) is 16.6 Å². The van der Waals surface area contributed by atoms with E-state index in [-0.39, 0.29) is 0 Å². The Morgan fingerprint density at radius 3 is 2.56 bits per heavy atom. The Hall–Kier alpha value is -0.430. The lowest BCUT2D eigenvalue weighted by atomic mass is 10.0. The molecule has 1 aromatic heterocycles. The molecule has 2 N–H and O–H groups in total. The molecule has 0 amide bonds. The van der Waals surface area contributed by atoms with Gasteiger partial charge in [0.05, 0.1) is 4.90 Å². The van der Waals surface area contributed by atoms with Gasteiger partial charge in [0.25, 0.3) is 0 Å². The Bertz CT molecular complexity index is 514. The van der Waals surface area contributed by atoms with E-state index in [1.165, 1.54) is 11.3 Å². The van der Waals surface area contributed by atoms with Crippen LogP contribution in [0.2, 0.25) is 0 Å². The second-order valence-corrected chi connectivity index (χ2v) is 8.17. The second-order valence-electron chi connectivity index (χ2n) is 4.92. The molecule has 0 saturated carbocycles. The maximum atomic E-state index is 12.5. The van der Waals surface area contributed by atoms with Crippen LogP contribution in [0.25, 0.3) is 0 Å². The van der Waals surface area contributed by atoms with Crippen LogP contribution in [-0.4, -0.2) is 25.8 Å². The van der Waals surface area contributed by atoms with Gasteiger partial charge in [-0.05, 0) is 31.7 Å². The van der Waals surface area contributed by atoms with Gasteiger partial charge in [-0.15, -0.1) is 11.3 Å². The standard InChI is InChI=1S/C12H20N2O2S2/c1-9-3-5-14(6-4-9)18(15,16)12-7-11(8-13)17-10(12)2/h7,9H,3-6,8,13H2,1-2H3. The number of hydrogen-bond acceptors (Lipinski definition) is 4. The van der Waals surface area contributed by atoms with Gasteiger partial charge in [-0.1, -0.05) is 6.92 Å². The first-order chi connectivity index (χ1) is 8.45. The number of thiophene rings is 1. The highest BCUT2D eigenvalue weighted by Gasteiger charge is 2.30. The molecule has 1 saturated heterocycles. The summed E-state index contributed by atoms with van der Waals surface area (Å²) in [6, 6.07) is 1.73. The molecular weight excluding hydrogens is 268 g/mol. The molecule has 1 aliphatic heterocycles. The molecule has 102 valence electrons. The first-order valence-electron chi connectivity index (χ1n) is 6.24. The molecule has 0 bridgehead atoms. The van der Waals surface area contributed by atoms with E-state index < -0.39 is 10.0 Å². The minimum Gasteiger partial charge on any atom is -0.326 e. The predicted octanol–water partition coefficient (Wildman–Crippen LogP) is 1.94. The van der Waals surface area contributed by atoms with Gasteiger partial charge in [-0.3, -0.25) is 0 Å². The van der Waals surface area contributed by atoms with Gasteiger partial charge in [-0.2, -0.15) is 4.31 Å². The van der Waals surface area contributed by atoms with Crippen LogP contribution >= 0.6 is 11.3 Å². The topological polar surface area (TPSA) is 63.4 Å². The van der Waals surface area contributed by atoms with Gasteiger partial charge >= 0.3 is 0 Å². The average molecular weight is 288 g/mol. The smallest absolute Gasteiger partial charge is 0.244 e. The summed E-state index contributed by atoms with van der Waals surface area (Å²) in [6.45, 7) is 5.70. The van der Waals surface area contributed by atoms with Crippen LogP contribution in [0.15, 0.2) is 11.0 Å². The van der Waals surface area contributed by atoms with Gasteiger partial charge in [0.2, 0.25) is 10.0 Å². The summed E-state index contributed by atoms with van der Waals surface area (Å²) in [5.41, 5.74) is 5.57. The van der Waals surface area contributed by atoms with E-state index in [9.17, 15) is 8.42 Å². The first-order valence-corrected chi connectivity index (χ1v) is 8.50. The molecule has 2 heterocycles. The predicted molar refractivity (Wildman–Crippen MR) is 74.1 cm³/mol. The van der Waals surface area contributed by atoms with Crippen LogP contribution < -0.4 is 5.73 Å². The normalized spacial score (nSPS) is 19.3. The molecule has 0 atom stereocenters. The van der Waals surface area contributed by atoms with E-state index in [0.717, 1.165) is 22.6 Å². The molecule has 1 fully saturated rings. The summed E-state index contributed by atoms with van der Waals surface area (Å²) in [7, 11) is -3.32. The fourth-order valence-electron chi connectivity index (χ4n) is 2.25. The maximum Gasteiger partial charge on any atom is 0.244 e. The summed E-state index contributed by atoms with van der Waals surface area (Å²) < 4.78 is 26.7. The van der Waals surface area contributed by atoms with E-state index >= 15 is 0 Å². The fraction of sp³-hybridized carbons (Fsp3) is 0.667. The lowest BCUT2D eigenvalue weighted by molar-refractivity contribution is 0.288. The number of piperidine rings is 1. The molecule has 0 spiro atoms. The average Bonchev–Trinajstić information content (AvgIpc) is 2.72. The Balaban J connectivity index is 2.27. The van der Waals surface area contributed by atoms with Gasteiger partial charge in [-0.25, -0.2) is 8.42 Å². The summed E-state index contributed by atoms with van der Waals surface area (Å²) >= 11 is 1.47. The van der Waals surface area contributed by atoms with Gasteiger partial charge in [0, 0.05) is 29.4 Å². The zero-order valence-corrected chi connectivity index (χ0v) is 12.5. The zero-order valence-electron chi connectivity index (χ0n) is 10.8. The third-order valence-electron chi connectivity index (χ3n) is 3.48. The van der Waals surface area contributed by atoms with Gasteiger partial charge in [0.15, 0.2) is 0 Å². The molecule has 0 radical (unpaired) electrons. The zero-order chi connectivity index (χ0) is 13.3. The highest BCUT2D eigenvalue weighted by molar-refractivity contribution is 7.89. The lowest BCUT2D eigenvalue weighted by Gasteiger charge is -2.29. The fourth-order valence-corrected chi connectivity index (χ4v) is 5.20. The molecule has 4 nitrogen and oxygen atoms in total. The van der Waals surface area contributed by atoms with E-state index in [4.69, 9.17) is 5.73 Å². The minimum absolute atomic E-state index is 0.401. The number of nitrogens with zero attached hydrogens (tertiary/aromatic N) is 1. The van der Waals surface area contributed by atoms with E-state index in [1.54, 1.807) is 10.4 Å². The van der Waals surface area contributed by atoms with Crippen molar-refractivity contribution in [1.29, 1.82) is 0 Å². The van der Waals surface area contributed by atoms with Crippen molar-refractivity contribution in [2.75, 3.05) is 13.1 Å². The molecule has 1 aliphatic rings. The molecular formula is C12H20N2O2S2. The van der Waals surface area contributed by atoms with Crippen molar-refractivity contribution in [3.63, 3.8) is 0 Å². The third kappa shape index (κ3) is 2.61. The summed E-state index contributed by atoms with van der Waals surface area (Å²) in [5.74, 6) is 0.625. The summed E-state index contributed by atoms with van der Waals surface area (Å²) in [4.78, 5) is 2.22. The highest BCUT2D eigenvalue weighted by Crippen LogP contribution is 2.30. The quantitative estimate of drug-likeness (QED) is 0.924.